The van der Waals surface area contributed by atoms with Crippen molar-refractivity contribution in [1.82, 2.24) is 9.62 Å². The number of nitrogens with one attached hydrogen (secondary N) is 1. The highest BCUT2D eigenvalue weighted by molar-refractivity contribution is 7.89. The first-order valence-corrected chi connectivity index (χ1v) is 9.50. The highest BCUT2D eigenvalue weighted by Crippen LogP contribution is 2.34. The van der Waals surface area contributed by atoms with Crippen molar-refractivity contribution in [3.63, 3.8) is 0 Å². The molecule has 140 valence electrons. The van der Waals surface area contributed by atoms with Crippen LogP contribution in [0.25, 0.3) is 0 Å². The van der Waals surface area contributed by atoms with Crippen LogP contribution in [-0.2, 0) is 14.8 Å². The van der Waals surface area contributed by atoms with Crippen molar-refractivity contribution in [3.05, 3.63) is 52.0 Å². The van der Waals surface area contributed by atoms with E-state index in [4.69, 9.17) is 33.4 Å². The van der Waals surface area contributed by atoms with Gasteiger partial charge in [-0.2, -0.15) is 9.57 Å². The number of ether oxygens (including phenoxy) is 1. The first kappa shape index (κ1) is 14.7. The molecule has 1 aliphatic rings. The Morgan fingerprint density at radius 3 is 2.59 bits per heavy atom. The van der Waals surface area contributed by atoms with Gasteiger partial charge in [0.15, 0.2) is 0 Å². The minimum Gasteiger partial charge on any atom is -0.456 e. The first-order chi connectivity index (χ1) is 14.3. The van der Waals surface area contributed by atoms with E-state index in [2.05, 4.69) is 0 Å². The molecule has 2 aromatic carbocycles. The summed E-state index contributed by atoms with van der Waals surface area (Å²) in [7, 11) is -5.03. The van der Waals surface area contributed by atoms with Gasteiger partial charge in [-0.15, -0.1) is 0 Å². The number of amides is 1. The van der Waals surface area contributed by atoms with Crippen molar-refractivity contribution in [2.24, 2.45) is 0 Å². The molecular formula is C17H13Cl2N3O4S. The number of hydrogen-bond acceptors (Lipinski definition) is 5. The lowest BCUT2D eigenvalue weighted by Gasteiger charge is -2.26. The standard InChI is InChI=1S/C17H13Cl2N3O4S/c18-12-6-13(19)8-14(7-12)26-15-2-1-11(9-20)5-16(15)27(24,25)22-4-3-21-17(23)10-22/h1-2,5-8H,3-4,10H2,(H,21,23)/i4D2,10D2. The summed E-state index contributed by atoms with van der Waals surface area (Å²) in [6.45, 7) is -6.84. The summed E-state index contributed by atoms with van der Waals surface area (Å²) in [6, 6.07) is 9.16. The summed E-state index contributed by atoms with van der Waals surface area (Å²) >= 11 is 11.9. The van der Waals surface area contributed by atoms with Crippen LogP contribution in [0.3, 0.4) is 0 Å². The van der Waals surface area contributed by atoms with E-state index in [0.29, 0.717) is 0 Å². The molecule has 0 bridgehead atoms. The van der Waals surface area contributed by atoms with Crippen LogP contribution in [0.1, 0.15) is 11.0 Å². The van der Waals surface area contributed by atoms with Crippen molar-refractivity contribution < 1.29 is 23.4 Å². The average molecular weight is 430 g/mol. The monoisotopic (exact) mass is 429 g/mol. The number of sulfonamides is 1. The van der Waals surface area contributed by atoms with Gasteiger partial charge in [-0.3, -0.25) is 4.79 Å². The highest BCUT2D eigenvalue weighted by atomic mass is 35.5. The molecule has 0 atom stereocenters. The van der Waals surface area contributed by atoms with Gasteiger partial charge in [0.05, 0.1) is 20.9 Å². The van der Waals surface area contributed by atoms with E-state index in [1.165, 1.54) is 24.3 Å². The third-order valence-corrected chi connectivity index (χ3v) is 5.34. The Kier molecular flexibility index (Phi) is 4.22. The number of hydrogen-bond donors (Lipinski definition) is 1. The Bertz CT molecular complexity index is 1200. The van der Waals surface area contributed by atoms with E-state index < -0.39 is 40.4 Å². The Labute approximate surface area is 171 Å². The molecule has 1 amide bonds. The number of carbonyl (C=O) groups excluding carboxylic acids is 1. The van der Waals surface area contributed by atoms with Crippen LogP contribution < -0.4 is 10.1 Å². The Balaban J connectivity index is 2.20. The fourth-order valence-electron chi connectivity index (χ4n) is 2.18. The minimum absolute atomic E-state index is 0.0427. The summed E-state index contributed by atoms with van der Waals surface area (Å²) < 4.78 is 64.0. The minimum atomic E-state index is -5.03. The van der Waals surface area contributed by atoms with Crippen LogP contribution in [-0.4, -0.2) is 38.2 Å². The van der Waals surface area contributed by atoms with Crippen LogP contribution in [0.15, 0.2) is 41.3 Å². The molecule has 3 rings (SSSR count). The highest BCUT2D eigenvalue weighted by Gasteiger charge is 2.32. The third kappa shape index (κ3) is 4.34. The van der Waals surface area contributed by atoms with Gasteiger partial charge in [0, 0.05) is 25.8 Å². The molecule has 1 N–H and O–H groups in total. The first-order valence-electron chi connectivity index (χ1n) is 9.31. The third-order valence-electron chi connectivity index (χ3n) is 3.33. The zero-order chi connectivity index (χ0) is 23.2. The smallest absolute Gasteiger partial charge is 0.247 e. The Hall–Kier alpha value is -2.31. The van der Waals surface area contributed by atoms with Crippen molar-refractivity contribution in [3.8, 4) is 17.6 Å². The van der Waals surface area contributed by atoms with Crippen molar-refractivity contribution in [1.29, 1.82) is 5.26 Å². The number of benzene rings is 2. The van der Waals surface area contributed by atoms with Gasteiger partial charge < -0.3 is 10.1 Å². The van der Waals surface area contributed by atoms with Crippen LogP contribution >= 0.6 is 23.2 Å². The molecular weight excluding hydrogens is 413 g/mol. The molecule has 10 heteroatoms. The fourth-order valence-corrected chi connectivity index (χ4v) is 3.96. The summed E-state index contributed by atoms with van der Waals surface area (Å²) in [4.78, 5) is 11.3. The average Bonchev–Trinajstić information content (AvgIpc) is 2.63. The molecule has 2 aromatic rings. The van der Waals surface area contributed by atoms with E-state index in [0.717, 1.165) is 12.1 Å². The lowest BCUT2D eigenvalue weighted by atomic mass is 10.2. The van der Waals surface area contributed by atoms with Gasteiger partial charge in [-0.25, -0.2) is 8.42 Å². The van der Waals surface area contributed by atoms with Gasteiger partial charge in [0.25, 0.3) is 0 Å². The summed E-state index contributed by atoms with van der Waals surface area (Å²) in [5.41, 5.74) is -0.113. The molecule has 7 nitrogen and oxygen atoms in total. The molecule has 27 heavy (non-hydrogen) atoms. The second-order valence-electron chi connectivity index (χ2n) is 5.20. The number of carbonyl (C=O) groups is 1. The van der Waals surface area contributed by atoms with Crippen molar-refractivity contribution in [2.45, 2.75) is 4.90 Å². The maximum absolute atomic E-state index is 13.4. The van der Waals surface area contributed by atoms with E-state index in [-0.39, 0.29) is 31.4 Å². The number of rotatable bonds is 4. The van der Waals surface area contributed by atoms with Gasteiger partial charge >= 0.3 is 0 Å². The zero-order valence-electron chi connectivity index (χ0n) is 17.4. The quantitative estimate of drug-likeness (QED) is 0.804. The Morgan fingerprint density at radius 1 is 1.22 bits per heavy atom. The fraction of sp³-hybridized carbons (Fsp3) is 0.176. The van der Waals surface area contributed by atoms with Crippen LogP contribution in [0.4, 0.5) is 0 Å². The Morgan fingerprint density at radius 2 is 1.93 bits per heavy atom. The summed E-state index contributed by atoms with van der Waals surface area (Å²) in [5.74, 6) is -1.64. The van der Waals surface area contributed by atoms with Gasteiger partial charge in [0.1, 0.15) is 16.4 Å². The van der Waals surface area contributed by atoms with Gasteiger partial charge in [0.2, 0.25) is 15.9 Å². The van der Waals surface area contributed by atoms with E-state index in [1.807, 2.05) is 5.32 Å². The van der Waals surface area contributed by atoms with E-state index in [1.54, 1.807) is 6.07 Å². The predicted molar refractivity (Wildman–Crippen MR) is 99.5 cm³/mol. The molecule has 1 saturated heterocycles. The SMILES string of the molecule is [2H]C1([2H])CNC(=O)C([2H])([2H])N1S(=O)(=O)c1cc(C#N)ccc1Oc1cc(Cl)cc(Cl)c1. The summed E-state index contributed by atoms with van der Waals surface area (Å²) in [6.07, 6.45) is 0. The lowest BCUT2D eigenvalue weighted by molar-refractivity contribution is -0.122. The van der Waals surface area contributed by atoms with E-state index in [9.17, 15) is 18.5 Å². The topological polar surface area (TPSA) is 99.5 Å². The maximum Gasteiger partial charge on any atom is 0.247 e. The maximum atomic E-state index is 13.4. The second-order valence-corrected chi connectivity index (χ2v) is 7.83. The molecule has 0 radical (unpaired) electrons. The molecule has 1 fully saturated rings. The van der Waals surface area contributed by atoms with Crippen LogP contribution in [0.5, 0.6) is 11.5 Å². The second kappa shape index (κ2) is 7.74. The van der Waals surface area contributed by atoms with Gasteiger partial charge in [-0.05, 0) is 36.4 Å². The van der Waals surface area contributed by atoms with E-state index >= 15 is 0 Å². The largest absolute Gasteiger partial charge is 0.456 e. The lowest BCUT2D eigenvalue weighted by Crippen LogP contribution is -2.49. The van der Waals surface area contributed by atoms with Crippen molar-refractivity contribution >= 4 is 39.1 Å². The van der Waals surface area contributed by atoms with Crippen molar-refractivity contribution in [2.75, 3.05) is 19.5 Å². The predicted octanol–water partition coefficient (Wildman–Crippen LogP) is 2.78. The molecule has 1 aliphatic heterocycles. The van der Waals surface area contributed by atoms with Gasteiger partial charge in [-0.1, -0.05) is 23.2 Å². The molecule has 0 saturated carbocycles. The van der Waals surface area contributed by atoms with Crippen LogP contribution in [0, 0.1) is 11.3 Å². The molecule has 0 aliphatic carbocycles. The number of halogens is 2. The number of piperazine rings is 1. The summed E-state index contributed by atoms with van der Waals surface area (Å²) in [5, 5.41) is 11.6. The number of nitriles is 1. The molecule has 0 spiro atoms. The molecule has 0 aromatic heterocycles. The number of nitrogens with zero attached hydrogens (tertiary/aromatic N) is 2. The molecule has 0 unspecified atom stereocenters. The normalized spacial score (nSPS) is 21.0. The zero-order valence-corrected chi connectivity index (χ0v) is 15.7. The van der Waals surface area contributed by atoms with Crippen LogP contribution in [0.2, 0.25) is 10.0 Å². The molecule has 1 heterocycles.